The number of hydrogen-bond acceptors (Lipinski definition) is 4. The van der Waals surface area contributed by atoms with Gasteiger partial charge in [0.1, 0.15) is 6.04 Å². The second-order valence-electron chi connectivity index (χ2n) is 5.44. The fourth-order valence-corrected chi connectivity index (χ4v) is 2.08. The van der Waals surface area contributed by atoms with E-state index in [-0.39, 0.29) is 12.5 Å². The molecule has 4 N–H and O–H groups in total. The Bertz CT molecular complexity index is 486. The Kier molecular flexibility index (Phi) is 7.39. The van der Waals surface area contributed by atoms with Crippen LogP contribution in [0.1, 0.15) is 36.0 Å². The van der Waals surface area contributed by atoms with Crippen molar-refractivity contribution in [1.29, 1.82) is 0 Å². The first-order valence-corrected chi connectivity index (χ1v) is 7.44. The molecule has 0 aliphatic rings. The van der Waals surface area contributed by atoms with Crippen molar-refractivity contribution in [3.8, 4) is 0 Å². The summed E-state index contributed by atoms with van der Waals surface area (Å²) in [6, 6.07) is 6.44. The largest absolute Gasteiger partial charge is 0.396 e. The van der Waals surface area contributed by atoms with E-state index in [1.165, 1.54) is 0 Å². The molecule has 1 unspecified atom stereocenters. The maximum atomic E-state index is 12.2. The highest BCUT2D eigenvalue weighted by molar-refractivity contribution is 5.97. The summed E-state index contributed by atoms with van der Waals surface area (Å²) in [5.74, 6) is -0.849. The number of carbonyl (C=O) groups excluding carboxylic acids is 2. The van der Waals surface area contributed by atoms with Crippen molar-refractivity contribution < 1.29 is 14.7 Å². The third-order valence-electron chi connectivity index (χ3n) is 3.45. The molecule has 0 aliphatic heterocycles. The first-order chi connectivity index (χ1) is 10.5. The molecule has 122 valence electrons. The zero-order chi connectivity index (χ0) is 16.5. The van der Waals surface area contributed by atoms with Crippen LogP contribution in [0.25, 0.3) is 0 Å². The highest BCUT2D eigenvalue weighted by atomic mass is 16.3. The number of nitrogens with one attached hydrogen (secondary N) is 1. The average molecular weight is 307 g/mol. The number of carbonyl (C=O) groups is 2. The van der Waals surface area contributed by atoms with E-state index in [0.29, 0.717) is 18.4 Å². The lowest BCUT2D eigenvalue weighted by atomic mass is 10.1. The maximum absolute atomic E-state index is 12.2. The quantitative estimate of drug-likeness (QED) is 0.590. The molecule has 2 amide bonds. The first-order valence-electron chi connectivity index (χ1n) is 7.44. The van der Waals surface area contributed by atoms with Crippen LogP contribution in [0.5, 0.6) is 0 Å². The highest BCUT2D eigenvalue weighted by Gasteiger charge is 2.18. The maximum Gasteiger partial charge on any atom is 0.251 e. The van der Waals surface area contributed by atoms with Crippen LogP contribution in [0.15, 0.2) is 24.3 Å². The van der Waals surface area contributed by atoms with Crippen LogP contribution in [0.2, 0.25) is 0 Å². The lowest BCUT2D eigenvalue weighted by Gasteiger charge is -2.16. The van der Waals surface area contributed by atoms with E-state index in [1.54, 1.807) is 12.1 Å². The van der Waals surface area contributed by atoms with Gasteiger partial charge in [-0.05, 0) is 37.1 Å². The summed E-state index contributed by atoms with van der Waals surface area (Å²) in [5.41, 5.74) is 6.82. The molecular weight excluding hydrogens is 282 g/mol. The molecule has 0 aromatic heterocycles. The number of primary amides is 1. The van der Waals surface area contributed by atoms with Crippen molar-refractivity contribution in [2.45, 2.75) is 31.7 Å². The molecule has 22 heavy (non-hydrogen) atoms. The van der Waals surface area contributed by atoms with Crippen molar-refractivity contribution in [3.05, 3.63) is 29.8 Å². The minimum atomic E-state index is -0.681. The fraction of sp³-hybridized carbons (Fsp3) is 0.500. The molecule has 0 heterocycles. The summed E-state index contributed by atoms with van der Waals surface area (Å²) >= 11 is 0. The normalized spacial score (nSPS) is 11.8. The van der Waals surface area contributed by atoms with Gasteiger partial charge in [-0.1, -0.05) is 12.8 Å². The number of aliphatic hydroxyl groups excluding tert-OH is 1. The molecule has 0 saturated carbocycles. The molecule has 0 saturated heterocycles. The number of aliphatic hydroxyl groups is 1. The molecular formula is C16H25N3O3. The second kappa shape index (κ2) is 9.04. The van der Waals surface area contributed by atoms with Gasteiger partial charge in [0, 0.05) is 32.0 Å². The van der Waals surface area contributed by atoms with Gasteiger partial charge in [0.05, 0.1) is 0 Å². The second-order valence-corrected chi connectivity index (χ2v) is 5.44. The van der Waals surface area contributed by atoms with E-state index in [0.717, 1.165) is 18.5 Å². The van der Waals surface area contributed by atoms with Crippen LogP contribution in [-0.4, -0.2) is 43.7 Å². The van der Waals surface area contributed by atoms with E-state index in [2.05, 4.69) is 5.32 Å². The van der Waals surface area contributed by atoms with Crippen molar-refractivity contribution in [2.24, 2.45) is 5.73 Å². The van der Waals surface area contributed by atoms with Crippen molar-refractivity contribution in [2.75, 3.05) is 25.6 Å². The number of amides is 2. The van der Waals surface area contributed by atoms with E-state index in [4.69, 9.17) is 10.8 Å². The third kappa shape index (κ3) is 5.73. The number of rotatable bonds is 9. The average Bonchev–Trinajstić information content (AvgIpc) is 2.50. The molecule has 1 atom stereocenters. The lowest BCUT2D eigenvalue weighted by Crippen LogP contribution is -2.44. The van der Waals surface area contributed by atoms with Gasteiger partial charge in [0.15, 0.2) is 0 Å². The van der Waals surface area contributed by atoms with Gasteiger partial charge >= 0.3 is 0 Å². The minimum Gasteiger partial charge on any atom is -0.396 e. The van der Waals surface area contributed by atoms with Crippen LogP contribution in [-0.2, 0) is 4.79 Å². The van der Waals surface area contributed by atoms with Gasteiger partial charge in [-0.2, -0.15) is 0 Å². The van der Waals surface area contributed by atoms with E-state index < -0.39 is 11.9 Å². The molecule has 1 aromatic carbocycles. The number of benzene rings is 1. The lowest BCUT2D eigenvalue weighted by molar-refractivity contribution is -0.120. The monoisotopic (exact) mass is 307 g/mol. The van der Waals surface area contributed by atoms with Gasteiger partial charge in [0.25, 0.3) is 5.91 Å². The van der Waals surface area contributed by atoms with E-state index in [9.17, 15) is 9.59 Å². The number of nitrogens with two attached hydrogens (primary N) is 1. The summed E-state index contributed by atoms with van der Waals surface area (Å²) in [6.45, 7) is 0.131. The predicted octanol–water partition coefficient (Wildman–Crippen LogP) is 0.889. The Labute approximate surface area is 131 Å². The SMILES string of the molecule is CN(C)c1ccc(C(=O)NC(CCCCCO)C(N)=O)cc1. The zero-order valence-electron chi connectivity index (χ0n) is 13.2. The van der Waals surface area contributed by atoms with Crippen molar-refractivity contribution >= 4 is 17.5 Å². The van der Waals surface area contributed by atoms with Crippen LogP contribution >= 0.6 is 0 Å². The smallest absolute Gasteiger partial charge is 0.251 e. The third-order valence-corrected chi connectivity index (χ3v) is 3.45. The van der Waals surface area contributed by atoms with Gasteiger partial charge in [-0.3, -0.25) is 9.59 Å². The van der Waals surface area contributed by atoms with Crippen LogP contribution in [0.4, 0.5) is 5.69 Å². The molecule has 0 bridgehead atoms. The van der Waals surface area contributed by atoms with Gasteiger partial charge in [-0.15, -0.1) is 0 Å². The molecule has 0 aliphatic carbocycles. The summed E-state index contributed by atoms with van der Waals surface area (Å²) in [7, 11) is 3.84. The molecule has 6 nitrogen and oxygen atoms in total. The molecule has 6 heteroatoms. The number of hydrogen-bond donors (Lipinski definition) is 3. The Morgan fingerprint density at radius 1 is 1.18 bits per heavy atom. The summed E-state index contributed by atoms with van der Waals surface area (Å²) < 4.78 is 0. The Hall–Kier alpha value is -2.08. The zero-order valence-corrected chi connectivity index (χ0v) is 13.2. The van der Waals surface area contributed by atoms with Gasteiger partial charge < -0.3 is 21.1 Å². The fourth-order valence-electron chi connectivity index (χ4n) is 2.08. The molecule has 0 spiro atoms. The number of unbranched alkanes of at least 4 members (excludes halogenated alkanes) is 2. The summed E-state index contributed by atoms with van der Waals surface area (Å²) in [6.07, 6.45) is 2.70. The van der Waals surface area contributed by atoms with Crippen LogP contribution in [0.3, 0.4) is 0 Å². The molecule has 1 rings (SSSR count). The van der Waals surface area contributed by atoms with Crippen LogP contribution in [0, 0.1) is 0 Å². The van der Waals surface area contributed by atoms with Crippen LogP contribution < -0.4 is 16.0 Å². The Morgan fingerprint density at radius 3 is 2.32 bits per heavy atom. The summed E-state index contributed by atoms with van der Waals surface area (Å²) in [5, 5.41) is 11.4. The van der Waals surface area contributed by atoms with Gasteiger partial charge in [-0.25, -0.2) is 0 Å². The highest BCUT2D eigenvalue weighted by Crippen LogP contribution is 2.12. The van der Waals surface area contributed by atoms with Crippen molar-refractivity contribution in [3.63, 3.8) is 0 Å². The van der Waals surface area contributed by atoms with Crippen molar-refractivity contribution in [1.82, 2.24) is 5.32 Å². The first kappa shape index (κ1) is 18.0. The topological polar surface area (TPSA) is 95.7 Å². The molecule has 1 aromatic rings. The van der Waals surface area contributed by atoms with E-state index in [1.807, 2.05) is 31.1 Å². The van der Waals surface area contributed by atoms with Gasteiger partial charge in [0.2, 0.25) is 5.91 Å². The van der Waals surface area contributed by atoms with E-state index >= 15 is 0 Å². The minimum absolute atomic E-state index is 0.131. The Balaban J connectivity index is 2.60. The molecule has 0 fully saturated rings. The Morgan fingerprint density at radius 2 is 1.82 bits per heavy atom. The standard InChI is InChI=1S/C16H25N3O3/c1-19(2)13-9-7-12(8-10-13)16(22)18-14(15(17)21)6-4-3-5-11-20/h7-10,14,20H,3-6,11H2,1-2H3,(H2,17,21)(H,18,22). The number of anilines is 1. The predicted molar refractivity (Wildman–Crippen MR) is 86.8 cm³/mol. The summed E-state index contributed by atoms with van der Waals surface area (Å²) in [4.78, 5) is 25.5. The molecule has 0 radical (unpaired) electrons. The number of nitrogens with zero attached hydrogens (tertiary/aromatic N) is 1.